The van der Waals surface area contributed by atoms with E-state index < -0.39 is 15.6 Å². The van der Waals surface area contributed by atoms with E-state index in [0.717, 1.165) is 18.1 Å². The van der Waals surface area contributed by atoms with Crippen LogP contribution in [0.25, 0.3) is 0 Å². The van der Waals surface area contributed by atoms with Crippen LogP contribution in [0, 0.1) is 0 Å². The quantitative estimate of drug-likeness (QED) is 0.708. The highest BCUT2D eigenvalue weighted by Crippen LogP contribution is 2.22. The number of nitrogens with one attached hydrogen (secondary N) is 2. The van der Waals surface area contributed by atoms with E-state index in [9.17, 15) is 8.42 Å². The third kappa shape index (κ3) is 5.01. The summed E-state index contributed by atoms with van der Waals surface area (Å²) in [6.07, 6.45) is 2.29. The van der Waals surface area contributed by atoms with Gasteiger partial charge in [0.15, 0.2) is 0 Å². The molecule has 0 spiro atoms. The molecule has 0 amide bonds. The molecule has 0 radical (unpaired) electrons. The van der Waals surface area contributed by atoms with Crippen LogP contribution < -0.4 is 10.0 Å². The third-order valence-corrected chi connectivity index (χ3v) is 5.14. The smallest absolute Gasteiger partial charge is 0.212 e. The van der Waals surface area contributed by atoms with Crippen molar-refractivity contribution in [2.45, 2.75) is 32.7 Å². The molecule has 0 atom stereocenters. The van der Waals surface area contributed by atoms with Crippen LogP contribution in [0.2, 0.25) is 0 Å². The zero-order valence-electron chi connectivity index (χ0n) is 11.1. The van der Waals surface area contributed by atoms with Crippen molar-refractivity contribution in [1.29, 1.82) is 0 Å². The van der Waals surface area contributed by atoms with Gasteiger partial charge in [0.25, 0.3) is 0 Å². The van der Waals surface area contributed by atoms with E-state index >= 15 is 0 Å². The Hall–Kier alpha value is -0.500. The fraction of sp³-hybridized carbons (Fsp3) is 0.727. The zero-order valence-corrected chi connectivity index (χ0v) is 12.7. The second-order valence-electron chi connectivity index (χ2n) is 4.59. The van der Waals surface area contributed by atoms with Crippen LogP contribution in [0.15, 0.2) is 11.6 Å². The second kappa shape index (κ2) is 6.60. The number of hydrogen-bond donors (Lipinski definition) is 2. The Balaban J connectivity index is 2.54. The van der Waals surface area contributed by atoms with E-state index in [-0.39, 0.29) is 5.75 Å². The van der Waals surface area contributed by atoms with Crippen molar-refractivity contribution >= 4 is 21.4 Å². The fourth-order valence-corrected chi connectivity index (χ4v) is 3.86. The molecule has 1 heterocycles. The number of rotatable bonds is 8. The molecule has 2 N–H and O–H groups in total. The van der Waals surface area contributed by atoms with Gasteiger partial charge in [-0.2, -0.15) is 0 Å². The van der Waals surface area contributed by atoms with Gasteiger partial charge < -0.3 is 5.32 Å². The Bertz CT molecular complexity index is 441. The maximum Gasteiger partial charge on any atom is 0.212 e. The van der Waals surface area contributed by atoms with Gasteiger partial charge in [-0.1, -0.05) is 6.92 Å². The first-order chi connectivity index (χ1) is 8.37. The lowest BCUT2D eigenvalue weighted by atomic mass is 10.1. The first-order valence-electron chi connectivity index (χ1n) is 6.00. The van der Waals surface area contributed by atoms with E-state index in [0.29, 0.717) is 6.42 Å². The van der Waals surface area contributed by atoms with Crippen molar-refractivity contribution in [2.24, 2.45) is 0 Å². The molecule has 0 saturated heterocycles. The van der Waals surface area contributed by atoms with Crippen LogP contribution in [0.4, 0.5) is 0 Å². The minimum absolute atomic E-state index is 0.134. The average Bonchev–Trinajstić information content (AvgIpc) is 2.77. The molecule has 0 unspecified atom stereocenters. The summed E-state index contributed by atoms with van der Waals surface area (Å²) in [5.41, 5.74) is -0.648. The van der Waals surface area contributed by atoms with Crippen LogP contribution in [0.5, 0.6) is 0 Å². The van der Waals surface area contributed by atoms with Gasteiger partial charge in [-0.3, -0.25) is 0 Å². The van der Waals surface area contributed by atoms with E-state index in [1.54, 1.807) is 6.20 Å². The summed E-state index contributed by atoms with van der Waals surface area (Å²) in [6.45, 7) is 7.23. The monoisotopic (exact) mass is 291 g/mol. The highest BCUT2D eigenvalue weighted by molar-refractivity contribution is 7.89. The van der Waals surface area contributed by atoms with Crippen LogP contribution in [-0.4, -0.2) is 32.2 Å². The molecule has 7 heteroatoms. The normalized spacial score (nSPS) is 12.8. The number of hydrogen-bond acceptors (Lipinski definition) is 5. The molecule has 0 fully saturated rings. The largest absolute Gasteiger partial charge is 0.317 e. The predicted molar refractivity (Wildman–Crippen MR) is 75.2 cm³/mol. The molecule has 1 aromatic heterocycles. The predicted octanol–water partition coefficient (Wildman–Crippen LogP) is 1.30. The summed E-state index contributed by atoms with van der Waals surface area (Å²) < 4.78 is 26.6. The molecule has 104 valence electrons. The minimum atomic E-state index is -3.27. The average molecular weight is 291 g/mol. The highest BCUT2D eigenvalue weighted by atomic mass is 32.2. The SMILES string of the molecule is CCNCCCS(=O)(=O)NC(C)(C)c1nccs1. The molecule has 18 heavy (non-hydrogen) atoms. The fourth-order valence-electron chi connectivity index (χ4n) is 1.58. The molecule has 0 bridgehead atoms. The van der Waals surface area contributed by atoms with Gasteiger partial charge in [-0.25, -0.2) is 18.1 Å². The molecule has 5 nitrogen and oxygen atoms in total. The molecule has 1 rings (SSSR count). The van der Waals surface area contributed by atoms with Crippen LogP contribution in [0.3, 0.4) is 0 Å². The number of thiazole rings is 1. The van der Waals surface area contributed by atoms with Crippen molar-refractivity contribution in [2.75, 3.05) is 18.8 Å². The molecular formula is C11H21N3O2S2. The molecule has 1 aromatic rings. The van der Waals surface area contributed by atoms with Crippen LogP contribution >= 0.6 is 11.3 Å². The van der Waals surface area contributed by atoms with Crippen molar-refractivity contribution in [3.8, 4) is 0 Å². The van der Waals surface area contributed by atoms with E-state index in [1.807, 2.05) is 26.2 Å². The Morgan fingerprint density at radius 2 is 2.17 bits per heavy atom. The zero-order chi connectivity index (χ0) is 13.6. The Kier molecular flexibility index (Phi) is 5.71. The lowest BCUT2D eigenvalue weighted by Crippen LogP contribution is -2.42. The summed E-state index contributed by atoms with van der Waals surface area (Å²) in [6, 6.07) is 0. The molecule has 0 aliphatic heterocycles. The van der Waals surface area contributed by atoms with Gasteiger partial charge in [-0.15, -0.1) is 11.3 Å². The molecular weight excluding hydrogens is 270 g/mol. The van der Waals surface area contributed by atoms with Crippen molar-refractivity contribution in [3.05, 3.63) is 16.6 Å². The molecule has 0 aliphatic carbocycles. The minimum Gasteiger partial charge on any atom is -0.317 e. The van der Waals surface area contributed by atoms with Crippen molar-refractivity contribution in [1.82, 2.24) is 15.0 Å². The van der Waals surface area contributed by atoms with Gasteiger partial charge in [0.05, 0.1) is 11.3 Å². The van der Waals surface area contributed by atoms with Crippen LogP contribution in [0.1, 0.15) is 32.2 Å². The number of sulfonamides is 1. The second-order valence-corrected chi connectivity index (χ2v) is 7.33. The Morgan fingerprint density at radius 1 is 1.44 bits per heavy atom. The van der Waals surface area contributed by atoms with Gasteiger partial charge in [0.1, 0.15) is 5.01 Å². The standard InChI is InChI=1S/C11H21N3O2S2/c1-4-12-6-5-9-18(15,16)14-11(2,3)10-13-7-8-17-10/h7-8,12,14H,4-6,9H2,1-3H3. The summed E-state index contributed by atoms with van der Waals surface area (Å²) in [5, 5.41) is 5.73. The van der Waals surface area contributed by atoms with Crippen LogP contribution in [-0.2, 0) is 15.6 Å². The lowest BCUT2D eigenvalue weighted by molar-refractivity contribution is 0.468. The first kappa shape index (κ1) is 15.6. The van der Waals surface area contributed by atoms with Gasteiger partial charge in [0.2, 0.25) is 10.0 Å². The van der Waals surface area contributed by atoms with Gasteiger partial charge >= 0.3 is 0 Å². The first-order valence-corrected chi connectivity index (χ1v) is 8.53. The van der Waals surface area contributed by atoms with Gasteiger partial charge in [-0.05, 0) is 33.4 Å². The molecule has 0 aromatic carbocycles. The van der Waals surface area contributed by atoms with Crippen molar-refractivity contribution in [3.63, 3.8) is 0 Å². The molecule has 0 saturated carbocycles. The van der Waals surface area contributed by atoms with Gasteiger partial charge in [0, 0.05) is 11.6 Å². The number of nitrogens with zero attached hydrogens (tertiary/aromatic N) is 1. The Labute approximate surface area is 113 Å². The topological polar surface area (TPSA) is 71.1 Å². The Morgan fingerprint density at radius 3 is 2.72 bits per heavy atom. The van der Waals surface area contributed by atoms with E-state index in [1.165, 1.54) is 11.3 Å². The number of aromatic nitrogens is 1. The van der Waals surface area contributed by atoms with E-state index in [2.05, 4.69) is 15.0 Å². The summed E-state index contributed by atoms with van der Waals surface area (Å²) >= 11 is 1.45. The summed E-state index contributed by atoms with van der Waals surface area (Å²) in [5.74, 6) is 0.134. The summed E-state index contributed by atoms with van der Waals surface area (Å²) in [4.78, 5) is 4.16. The van der Waals surface area contributed by atoms with Crippen molar-refractivity contribution < 1.29 is 8.42 Å². The maximum absolute atomic E-state index is 11.9. The third-order valence-electron chi connectivity index (χ3n) is 2.39. The van der Waals surface area contributed by atoms with E-state index in [4.69, 9.17) is 0 Å². The lowest BCUT2D eigenvalue weighted by Gasteiger charge is -2.23. The highest BCUT2D eigenvalue weighted by Gasteiger charge is 2.28. The summed E-state index contributed by atoms with van der Waals surface area (Å²) in [7, 11) is -3.27. The molecule has 0 aliphatic rings. The maximum atomic E-state index is 11.9.